The zero-order valence-electron chi connectivity index (χ0n) is 11.3. The van der Waals surface area contributed by atoms with Crippen LogP contribution in [0, 0.1) is 5.82 Å². The molecule has 0 saturated carbocycles. The lowest BCUT2D eigenvalue weighted by Crippen LogP contribution is -2.02. The Bertz CT molecular complexity index is 779. The molecule has 0 aliphatic heterocycles. The van der Waals surface area contributed by atoms with Crippen LogP contribution in [-0.2, 0) is 0 Å². The molecule has 0 fully saturated rings. The van der Waals surface area contributed by atoms with Crippen LogP contribution < -0.4 is 10.6 Å². The summed E-state index contributed by atoms with van der Waals surface area (Å²) >= 11 is 5.84. The summed E-state index contributed by atoms with van der Waals surface area (Å²) < 4.78 is 13.1. The molecule has 0 aliphatic carbocycles. The average Bonchev–Trinajstić information content (AvgIpc) is 2.50. The number of hydrogen-bond donors (Lipinski definition) is 2. The van der Waals surface area contributed by atoms with Gasteiger partial charge in [-0.15, -0.1) is 5.10 Å². The van der Waals surface area contributed by atoms with Crippen molar-refractivity contribution in [2.45, 2.75) is 0 Å². The summed E-state index contributed by atoms with van der Waals surface area (Å²) in [6.45, 7) is 0. The molecular formula is C15H11ClFN5. The number of hydrogen-bond acceptors (Lipinski definition) is 5. The van der Waals surface area contributed by atoms with Gasteiger partial charge in [0.1, 0.15) is 5.82 Å². The van der Waals surface area contributed by atoms with Crippen molar-refractivity contribution in [1.29, 1.82) is 0 Å². The van der Waals surface area contributed by atoms with Crippen molar-refractivity contribution in [2.24, 2.45) is 0 Å². The lowest BCUT2D eigenvalue weighted by Gasteiger charge is -2.07. The maximum absolute atomic E-state index is 13.1. The predicted octanol–water partition coefficient (Wildman–Crippen LogP) is 4.15. The van der Waals surface area contributed by atoms with E-state index in [4.69, 9.17) is 11.6 Å². The number of anilines is 4. The second-order valence-corrected chi connectivity index (χ2v) is 4.87. The van der Waals surface area contributed by atoms with Gasteiger partial charge in [-0.2, -0.15) is 10.1 Å². The molecule has 2 N–H and O–H groups in total. The fourth-order valence-electron chi connectivity index (χ4n) is 1.79. The molecule has 3 aromatic rings. The minimum atomic E-state index is -0.339. The van der Waals surface area contributed by atoms with Gasteiger partial charge < -0.3 is 10.6 Å². The number of halogens is 2. The first-order chi connectivity index (χ1) is 10.7. The Hall–Kier alpha value is -2.73. The molecule has 5 nitrogen and oxygen atoms in total. The zero-order valence-corrected chi connectivity index (χ0v) is 12.0. The van der Waals surface area contributed by atoms with Crippen LogP contribution in [0.4, 0.5) is 27.5 Å². The fraction of sp³-hybridized carbons (Fsp3) is 0. The standard InChI is InChI=1S/C15H11ClFN5/c16-10-4-6-12(7-5-10)19-14-9-18-22-15(21-14)20-13-3-1-2-11(17)8-13/h1-9H,(H2,19,20,21,22). The van der Waals surface area contributed by atoms with Gasteiger partial charge in [0.15, 0.2) is 5.82 Å². The van der Waals surface area contributed by atoms with Gasteiger partial charge >= 0.3 is 0 Å². The second-order valence-electron chi connectivity index (χ2n) is 4.43. The Morgan fingerprint density at radius 1 is 0.955 bits per heavy atom. The van der Waals surface area contributed by atoms with Crippen molar-refractivity contribution in [3.8, 4) is 0 Å². The zero-order chi connectivity index (χ0) is 15.4. The maximum atomic E-state index is 13.1. The van der Waals surface area contributed by atoms with E-state index in [-0.39, 0.29) is 11.8 Å². The van der Waals surface area contributed by atoms with E-state index in [1.165, 1.54) is 18.3 Å². The van der Waals surface area contributed by atoms with E-state index in [0.717, 1.165) is 5.69 Å². The summed E-state index contributed by atoms with van der Waals surface area (Å²) in [6, 6.07) is 13.2. The summed E-state index contributed by atoms with van der Waals surface area (Å²) in [7, 11) is 0. The highest BCUT2D eigenvalue weighted by atomic mass is 35.5. The Kier molecular flexibility index (Phi) is 4.11. The number of nitrogens with zero attached hydrogens (tertiary/aromatic N) is 3. The maximum Gasteiger partial charge on any atom is 0.249 e. The first kappa shape index (κ1) is 14.2. The quantitative estimate of drug-likeness (QED) is 0.757. The highest BCUT2D eigenvalue weighted by molar-refractivity contribution is 6.30. The Morgan fingerprint density at radius 2 is 1.77 bits per heavy atom. The molecule has 0 aliphatic rings. The minimum absolute atomic E-state index is 0.268. The number of aromatic nitrogens is 3. The SMILES string of the molecule is Fc1cccc(Nc2nncc(Nc3ccc(Cl)cc3)n2)c1. The molecule has 0 radical (unpaired) electrons. The van der Waals surface area contributed by atoms with Crippen LogP contribution in [-0.4, -0.2) is 15.2 Å². The van der Waals surface area contributed by atoms with E-state index in [0.29, 0.717) is 16.5 Å². The second kappa shape index (κ2) is 6.36. The van der Waals surface area contributed by atoms with E-state index < -0.39 is 0 Å². The third-order valence-electron chi connectivity index (χ3n) is 2.76. The van der Waals surface area contributed by atoms with Gasteiger partial charge in [-0.1, -0.05) is 17.7 Å². The molecule has 0 spiro atoms. The third-order valence-corrected chi connectivity index (χ3v) is 3.01. The predicted molar refractivity (Wildman–Crippen MR) is 84.2 cm³/mol. The van der Waals surface area contributed by atoms with Crippen molar-refractivity contribution in [3.05, 3.63) is 65.6 Å². The van der Waals surface area contributed by atoms with Crippen LogP contribution in [0.5, 0.6) is 0 Å². The Morgan fingerprint density at radius 3 is 2.55 bits per heavy atom. The van der Waals surface area contributed by atoms with Crippen molar-refractivity contribution in [2.75, 3.05) is 10.6 Å². The van der Waals surface area contributed by atoms with Crippen LogP contribution in [0.1, 0.15) is 0 Å². The highest BCUT2D eigenvalue weighted by Crippen LogP contribution is 2.19. The lowest BCUT2D eigenvalue weighted by atomic mass is 10.3. The van der Waals surface area contributed by atoms with Crippen molar-refractivity contribution < 1.29 is 4.39 Å². The topological polar surface area (TPSA) is 62.7 Å². The Balaban J connectivity index is 1.76. The smallest absolute Gasteiger partial charge is 0.249 e. The van der Waals surface area contributed by atoms with Crippen LogP contribution in [0.25, 0.3) is 0 Å². The van der Waals surface area contributed by atoms with E-state index in [1.54, 1.807) is 24.3 Å². The fourth-order valence-corrected chi connectivity index (χ4v) is 1.92. The van der Waals surface area contributed by atoms with Gasteiger partial charge in [0.25, 0.3) is 0 Å². The molecule has 3 rings (SSSR count). The number of nitrogens with one attached hydrogen (secondary N) is 2. The monoisotopic (exact) mass is 315 g/mol. The summed E-state index contributed by atoms with van der Waals surface area (Å²) in [6.07, 6.45) is 1.49. The molecule has 22 heavy (non-hydrogen) atoms. The molecular weight excluding hydrogens is 305 g/mol. The summed E-state index contributed by atoms with van der Waals surface area (Å²) in [5.74, 6) is 0.439. The number of benzene rings is 2. The van der Waals surface area contributed by atoms with Gasteiger partial charge in [0, 0.05) is 16.4 Å². The van der Waals surface area contributed by atoms with Crippen molar-refractivity contribution in [1.82, 2.24) is 15.2 Å². The minimum Gasteiger partial charge on any atom is -0.339 e. The molecule has 1 aromatic heterocycles. The molecule has 0 unspecified atom stereocenters. The highest BCUT2D eigenvalue weighted by Gasteiger charge is 2.03. The largest absolute Gasteiger partial charge is 0.339 e. The van der Waals surface area contributed by atoms with Crippen molar-refractivity contribution in [3.63, 3.8) is 0 Å². The van der Waals surface area contributed by atoms with E-state index >= 15 is 0 Å². The van der Waals surface area contributed by atoms with Crippen LogP contribution in [0.15, 0.2) is 54.7 Å². The summed E-state index contributed by atoms with van der Waals surface area (Å²) in [4.78, 5) is 4.26. The molecule has 1 heterocycles. The van der Waals surface area contributed by atoms with Gasteiger partial charge in [0.05, 0.1) is 6.20 Å². The molecule has 110 valence electrons. The van der Waals surface area contributed by atoms with E-state index in [1.807, 2.05) is 12.1 Å². The van der Waals surface area contributed by atoms with Gasteiger partial charge in [-0.3, -0.25) is 0 Å². The molecule has 0 saturated heterocycles. The van der Waals surface area contributed by atoms with E-state index in [9.17, 15) is 4.39 Å². The molecule has 0 bridgehead atoms. The summed E-state index contributed by atoms with van der Waals surface area (Å²) in [5.41, 5.74) is 1.37. The molecule has 0 amide bonds. The Labute approximate surface area is 131 Å². The first-order valence-electron chi connectivity index (χ1n) is 6.44. The molecule has 0 atom stereocenters. The van der Waals surface area contributed by atoms with Crippen LogP contribution in [0.2, 0.25) is 5.02 Å². The van der Waals surface area contributed by atoms with Gasteiger partial charge in [0.2, 0.25) is 5.95 Å². The normalized spacial score (nSPS) is 10.3. The van der Waals surface area contributed by atoms with Crippen LogP contribution >= 0.6 is 11.6 Å². The van der Waals surface area contributed by atoms with Crippen molar-refractivity contribution >= 4 is 34.7 Å². The van der Waals surface area contributed by atoms with Crippen LogP contribution in [0.3, 0.4) is 0 Å². The molecule has 7 heteroatoms. The summed E-state index contributed by atoms with van der Waals surface area (Å²) in [5, 5.41) is 14.4. The average molecular weight is 316 g/mol. The first-order valence-corrected chi connectivity index (χ1v) is 6.82. The van der Waals surface area contributed by atoms with Gasteiger partial charge in [-0.05, 0) is 42.5 Å². The molecule has 2 aromatic carbocycles. The number of rotatable bonds is 4. The third kappa shape index (κ3) is 3.67. The van der Waals surface area contributed by atoms with E-state index in [2.05, 4.69) is 25.8 Å². The lowest BCUT2D eigenvalue weighted by molar-refractivity contribution is 0.628. The van der Waals surface area contributed by atoms with Gasteiger partial charge in [-0.25, -0.2) is 4.39 Å².